The number of carbonyl (C=O) groups is 7. The summed E-state index contributed by atoms with van der Waals surface area (Å²) in [6.45, 7) is 15.1. The first-order valence-electron chi connectivity index (χ1n) is 18.8. The SMILES string of the molecule is CC(=O)N(O)CCC[C@H](NC(=O)[C@H](CCCN(O)C(C)=O)NC(=O)[C@H](CCCN(O)C(C)=O)NC(=O)OCc1ccccc1)C(=O)[O-].CC[NH+](C(C)C)C(C)C. The number of amides is 6. The molecule has 19 heteroatoms. The fourth-order valence-corrected chi connectivity index (χ4v) is 5.53. The number of hydrogen-bond acceptors (Lipinski definition) is 12. The van der Waals surface area contributed by atoms with Gasteiger partial charge in [0.05, 0.1) is 30.6 Å². The van der Waals surface area contributed by atoms with Gasteiger partial charge in [-0.25, -0.2) is 20.0 Å². The lowest BCUT2D eigenvalue weighted by Crippen LogP contribution is -3.17. The van der Waals surface area contributed by atoms with Crippen molar-refractivity contribution < 1.29 is 63.9 Å². The van der Waals surface area contributed by atoms with Crippen LogP contribution in [0.1, 0.15) is 99.5 Å². The van der Waals surface area contributed by atoms with Gasteiger partial charge in [0.25, 0.3) is 0 Å². The third-order valence-corrected chi connectivity index (χ3v) is 8.63. The Balaban J connectivity index is 0.00000297. The number of carboxylic acids is 1. The number of carboxylic acid groups (broad SMARTS) is 1. The zero-order chi connectivity index (χ0) is 43.0. The topological polar surface area (TPSA) is 263 Å². The predicted octanol–water partition coefficient (Wildman–Crippen LogP) is -0.237. The van der Waals surface area contributed by atoms with Crippen molar-refractivity contribution in [3.05, 3.63) is 35.9 Å². The van der Waals surface area contributed by atoms with Gasteiger partial charge in [0, 0.05) is 40.4 Å². The largest absolute Gasteiger partial charge is 0.548 e. The molecule has 0 radical (unpaired) electrons. The maximum absolute atomic E-state index is 13.4. The van der Waals surface area contributed by atoms with Crippen molar-refractivity contribution in [2.75, 3.05) is 26.2 Å². The molecule has 0 spiro atoms. The van der Waals surface area contributed by atoms with Crippen LogP contribution in [0.2, 0.25) is 0 Å². The van der Waals surface area contributed by atoms with Crippen LogP contribution in [0.3, 0.4) is 0 Å². The number of alkyl carbamates (subject to hydrolysis) is 1. The summed E-state index contributed by atoms with van der Waals surface area (Å²) in [4.78, 5) is 86.6. The second-order valence-electron chi connectivity index (χ2n) is 13.8. The molecule has 1 aromatic carbocycles. The average Bonchev–Trinajstić information content (AvgIpc) is 3.12. The first-order chi connectivity index (χ1) is 26.2. The standard InChI is InChI=1S/C29H44N6O12.C8H19N/c1-19(36)33(44)15-7-12-23(26(39)31-25(28(41)42)14-9-17-35(46)21(3)38)30-27(40)24(13-8-16-34(45)20(2)37)32-29(43)47-18-22-10-5-4-6-11-22;1-6-9(7(2)3)8(4)5/h4-6,10-11,23-25,44-46H,7-9,12-18H2,1-3H3,(H,30,40)(H,31,39)(H,32,43)(H,41,42);7-8H,6H2,1-5H3/t23-,24-,25-;/m0./s1. The monoisotopic (exact) mass is 797 g/mol. The lowest BCUT2D eigenvalue weighted by atomic mass is 10.1. The Bertz CT molecular complexity index is 1370. The summed E-state index contributed by atoms with van der Waals surface area (Å²) < 4.78 is 5.19. The van der Waals surface area contributed by atoms with E-state index in [-0.39, 0.29) is 64.8 Å². The van der Waals surface area contributed by atoms with Crippen LogP contribution in [-0.2, 0) is 40.1 Å². The quantitative estimate of drug-likeness (QED) is 0.0559. The molecular formula is C37H63N7O12. The van der Waals surface area contributed by atoms with Crippen LogP contribution < -0.4 is 26.0 Å². The van der Waals surface area contributed by atoms with Gasteiger partial charge >= 0.3 is 6.09 Å². The Morgan fingerprint density at radius 3 is 1.38 bits per heavy atom. The minimum atomic E-state index is -1.67. The molecule has 0 aliphatic heterocycles. The van der Waals surface area contributed by atoms with E-state index < -0.39 is 59.7 Å². The summed E-state index contributed by atoms with van der Waals surface area (Å²) in [5.74, 6) is -5.56. The summed E-state index contributed by atoms with van der Waals surface area (Å²) in [5.41, 5.74) is 0.664. The van der Waals surface area contributed by atoms with Crippen molar-refractivity contribution in [1.82, 2.24) is 31.1 Å². The second kappa shape index (κ2) is 27.7. The number of nitrogens with one attached hydrogen (secondary N) is 4. The van der Waals surface area contributed by atoms with Gasteiger partial charge in [0.15, 0.2) is 0 Å². The fraction of sp³-hybridized carbons (Fsp3) is 0.649. The molecule has 1 aromatic rings. The summed E-state index contributed by atoms with van der Waals surface area (Å²) in [6, 6.07) is 5.83. The molecule has 1 rings (SSSR count). The van der Waals surface area contributed by atoms with Crippen molar-refractivity contribution in [2.45, 2.75) is 131 Å². The Kier molecular flexibility index (Phi) is 25.3. The number of carbonyl (C=O) groups excluding carboxylic acids is 7. The lowest BCUT2D eigenvalue weighted by Gasteiger charge is -2.27. The molecule has 56 heavy (non-hydrogen) atoms. The van der Waals surface area contributed by atoms with Gasteiger partial charge in [-0.2, -0.15) is 0 Å². The lowest BCUT2D eigenvalue weighted by molar-refractivity contribution is -0.940. The maximum atomic E-state index is 13.4. The molecule has 0 aromatic heterocycles. The third kappa shape index (κ3) is 21.9. The van der Waals surface area contributed by atoms with E-state index in [0.717, 1.165) is 32.9 Å². The zero-order valence-corrected chi connectivity index (χ0v) is 33.9. The Hall–Kier alpha value is -4.85. The number of nitrogens with zero attached hydrogens (tertiary/aromatic N) is 3. The van der Waals surface area contributed by atoms with E-state index in [1.54, 1.807) is 35.2 Å². The van der Waals surface area contributed by atoms with Crippen LogP contribution in [0.5, 0.6) is 0 Å². The van der Waals surface area contributed by atoms with Gasteiger partial charge in [0.2, 0.25) is 29.5 Å². The van der Waals surface area contributed by atoms with Crippen molar-refractivity contribution in [3.8, 4) is 0 Å². The molecule has 318 valence electrons. The average molecular weight is 798 g/mol. The number of benzene rings is 1. The molecule has 0 aliphatic rings. The molecule has 0 saturated heterocycles. The number of quaternary nitrogens is 1. The van der Waals surface area contributed by atoms with E-state index in [4.69, 9.17) is 4.74 Å². The first-order valence-corrected chi connectivity index (χ1v) is 18.8. The van der Waals surface area contributed by atoms with Gasteiger partial charge in [-0.1, -0.05) is 30.3 Å². The maximum Gasteiger partial charge on any atom is 0.408 e. The number of aliphatic carboxylic acids is 1. The molecule has 7 N–H and O–H groups in total. The minimum absolute atomic E-state index is 0.0248. The molecule has 0 fully saturated rings. The molecule has 0 unspecified atom stereocenters. The van der Waals surface area contributed by atoms with Crippen molar-refractivity contribution >= 4 is 41.6 Å². The molecule has 0 bridgehead atoms. The highest BCUT2D eigenvalue weighted by Gasteiger charge is 2.29. The van der Waals surface area contributed by atoms with Crippen LogP contribution in [-0.4, -0.2) is 129 Å². The molecule has 0 aliphatic carbocycles. The van der Waals surface area contributed by atoms with E-state index in [9.17, 15) is 54.3 Å². The first kappa shape index (κ1) is 51.1. The van der Waals surface area contributed by atoms with Gasteiger partial charge < -0.3 is 35.5 Å². The Labute approximate surface area is 329 Å². The normalized spacial score (nSPS) is 12.4. The van der Waals surface area contributed by atoms with Crippen LogP contribution in [0.4, 0.5) is 4.79 Å². The number of ether oxygens (including phenoxy) is 1. The van der Waals surface area contributed by atoms with Crippen LogP contribution in [0.15, 0.2) is 30.3 Å². The minimum Gasteiger partial charge on any atom is -0.548 e. The highest BCUT2D eigenvalue weighted by Crippen LogP contribution is 2.08. The van der Waals surface area contributed by atoms with Gasteiger partial charge in [-0.3, -0.25) is 39.6 Å². The van der Waals surface area contributed by atoms with E-state index in [1.807, 2.05) is 0 Å². The third-order valence-electron chi connectivity index (χ3n) is 8.63. The number of hydroxylamine groups is 6. The van der Waals surface area contributed by atoms with E-state index >= 15 is 0 Å². The van der Waals surface area contributed by atoms with E-state index in [0.29, 0.717) is 20.8 Å². The van der Waals surface area contributed by atoms with Gasteiger partial charge in [-0.15, -0.1) is 0 Å². The molecular weight excluding hydrogens is 734 g/mol. The number of rotatable bonds is 23. The second-order valence-corrected chi connectivity index (χ2v) is 13.8. The van der Waals surface area contributed by atoms with Gasteiger partial charge in [0.1, 0.15) is 18.7 Å². The number of hydrogen-bond donors (Lipinski definition) is 7. The molecule has 19 nitrogen and oxygen atoms in total. The van der Waals surface area contributed by atoms with Crippen molar-refractivity contribution in [3.63, 3.8) is 0 Å². The van der Waals surface area contributed by atoms with Crippen LogP contribution >= 0.6 is 0 Å². The molecule has 3 atom stereocenters. The Morgan fingerprint density at radius 2 is 1.04 bits per heavy atom. The highest BCUT2D eigenvalue weighted by molar-refractivity contribution is 5.92. The zero-order valence-electron chi connectivity index (χ0n) is 33.9. The van der Waals surface area contributed by atoms with Gasteiger partial charge in [-0.05, 0) is 78.7 Å². The summed E-state index contributed by atoms with van der Waals surface area (Å²) in [5, 5.41) is 48.9. The fourth-order valence-electron chi connectivity index (χ4n) is 5.53. The van der Waals surface area contributed by atoms with Crippen LogP contribution in [0, 0.1) is 0 Å². The summed E-state index contributed by atoms with van der Waals surface area (Å²) in [6.07, 6.45) is -1.61. The molecule has 0 heterocycles. The molecule has 6 amide bonds. The Morgan fingerprint density at radius 1 is 0.661 bits per heavy atom. The summed E-state index contributed by atoms with van der Waals surface area (Å²) >= 11 is 0. The predicted molar refractivity (Wildman–Crippen MR) is 199 cm³/mol. The van der Waals surface area contributed by atoms with Crippen LogP contribution in [0.25, 0.3) is 0 Å². The van der Waals surface area contributed by atoms with Crippen molar-refractivity contribution in [1.29, 1.82) is 0 Å². The van der Waals surface area contributed by atoms with Crippen molar-refractivity contribution in [2.24, 2.45) is 0 Å². The summed E-state index contributed by atoms with van der Waals surface area (Å²) in [7, 11) is 0. The highest BCUT2D eigenvalue weighted by atomic mass is 16.5. The smallest absolute Gasteiger partial charge is 0.408 e. The van der Waals surface area contributed by atoms with E-state index in [1.165, 1.54) is 6.54 Å². The van der Waals surface area contributed by atoms with E-state index in [2.05, 4.69) is 50.6 Å². The molecule has 0 saturated carbocycles.